The predicted molar refractivity (Wildman–Crippen MR) is 156 cm³/mol. The van der Waals surface area contributed by atoms with Gasteiger partial charge in [0, 0.05) is 73.8 Å². The summed E-state index contributed by atoms with van der Waals surface area (Å²) in [4.78, 5) is 32.7. The standard InChI is InChI=1S/C33H35F3N4O2/c1-22(2)40-14-12-39(13-15-40)21-28-10-6-25(16-30(28)33(34,35)36)17-31(41)27-8-4-23(3)26(18-27)9-5-24-7-11-29(38-20-24)19-32(37)42/h4,6-8,10-11,16,18,20,22H,12-15,17,19,21H2,1-3H3,(H2,37,42). The lowest BCUT2D eigenvalue weighted by Gasteiger charge is -2.37. The molecule has 6 nitrogen and oxygen atoms in total. The molecule has 1 aromatic heterocycles. The maximum atomic E-state index is 14.1. The smallest absolute Gasteiger partial charge is 0.369 e. The van der Waals surface area contributed by atoms with Crippen molar-refractivity contribution < 1.29 is 22.8 Å². The number of hydrogen-bond acceptors (Lipinski definition) is 5. The molecule has 9 heteroatoms. The van der Waals surface area contributed by atoms with Crippen LogP contribution in [0, 0.1) is 18.8 Å². The number of Topliss-reactive ketones (excluding diaryl/α,β-unsaturated/α-hetero) is 1. The van der Waals surface area contributed by atoms with Crippen molar-refractivity contribution in [2.75, 3.05) is 26.2 Å². The summed E-state index contributed by atoms with van der Waals surface area (Å²) < 4.78 is 42.2. The highest BCUT2D eigenvalue weighted by atomic mass is 19.4. The van der Waals surface area contributed by atoms with Crippen molar-refractivity contribution in [3.63, 3.8) is 0 Å². The fraction of sp³-hybridized carbons (Fsp3) is 0.364. The highest BCUT2D eigenvalue weighted by Gasteiger charge is 2.34. The van der Waals surface area contributed by atoms with Gasteiger partial charge in [0.15, 0.2) is 5.78 Å². The molecule has 0 radical (unpaired) electrons. The fourth-order valence-corrected chi connectivity index (χ4v) is 4.95. The average Bonchev–Trinajstić information content (AvgIpc) is 2.93. The van der Waals surface area contributed by atoms with Crippen molar-refractivity contribution in [2.24, 2.45) is 5.73 Å². The van der Waals surface area contributed by atoms with Crippen LogP contribution < -0.4 is 5.73 Å². The number of piperazine rings is 1. The van der Waals surface area contributed by atoms with Crippen molar-refractivity contribution in [3.8, 4) is 11.8 Å². The Balaban J connectivity index is 1.48. The van der Waals surface area contributed by atoms with Gasteiger partial charge in [-0.1, -0.05) is 36.1 Å². The Bertz CT molecular complexity index is 1500. The van der Waals surface area contributed by atoms with Gasteiger partial charge in [-0.05, 0) is 61.7 Å². The minimum Gasteiger partial charge on any atom is -0.369 e. The summed E-state index contributed by atoms with van der Waals surface area (Å²) in [5.41, 5.74) is 8.08. The fourth-order valence-electron chi connectivity index (χ4n) is 4.95. The third-order valence-corrected chi connectivity index (χ3v) is 7.46. The average molecular weight is 577 g/mol. The number of nitrogens with two attached hydrogens (primary N) is 1. The van der Waals surface area contributed by atoms with Gasteiger partial charge < -0.3 is 5.73 Å². The van der Waals surface area contributed by atoms with Crippen molar-refractivity contribution in [3.05, 3.63) is 99.4 Å². The van der Waals surface area contributed by atoms with Gasteiger partial charge in [-0.3, -0.25) is 24.4 Å². The first-order valence-corrected chi connectivity index (χ1v) is 13.9. The number of pyridine rings is 1. The van der Waals surface area contributed by atoms with Crippen LogP contribution in [-0.2, 0) is 30.4 Å². The third kappa shape index (κ3) is 8.28. The van der Waals surface area contributed by atoms with Crippen LogP contribution in [0.1, 0.15) is 63.3 Å². The number of primary amides is 1. The van der Waals surface area contributed by atoms with Crippen molar-refractivity contribution >= 4 is 11.7 Å². The van der Waals surface area contributed by atoms with Gasteiger partial charge in [0.25, 0.3) is 0 Å². The van der Waals surface area contributed by atoms with Crippen LogP contribution in [0.2, 0.25) is 0 Å². The van der Waals surface area contributed by atoms with Gasteiger partial charge >= 0.3 is 6.18 Å². The number of benzene rings is 2. The molecule has 2 N–H and O–H groups in total. The van der Waals surface area contributed by atoms with Crippen LogP contribution in [0.25, 0.3) is 0 Å². The van der Waals surface area contributed by atoms with E-state index in [1.165, 1.54) is 6.07 Å². The van der Waals surface area contributed by atoms with E-state index in [1.807, 2.05) is 6.92 Å². The molecule has 0 saturated carbocycles. The lowest BCUT2D eigenvalue weighted by molar-refractivity contribution is -0.138. The van der Waals surface area contributed by atoms with E-state index in [9.17, 15) is 22.8 Å². The maximum absolute atomic E-state index is 14.1. The predicted octanol–water partition coefficient (Wildman–Crippen LogP) is 4.79. The van der Waals surface area contributed by atoms with Crippen LogP contribution in [0.5, 0.6) is 0 Å². The Morgan fingerprint density at radius 3 is 2.33 bits per heavy atom. The molecule has 1 aliphatic rings. The van der Waals surface area contributed by atoms with Crippen molar-refractivity contribution in [1.82, 2.24) is 14.8 Å². The topological polar surface area (TPSA) is 79.5 Å². The zero-order chi connectivity index (χ0) is 30.4. The molecule has 2 heterocycles. The van der Waals surface area contributed by atoms with Crippen molar-refractivity contribution in [2.45, 2.75) is 52.4 Å². The number of alkyl halides is 3. The number of carbonyl (C=O) groups is 2. The number of halogens is 3. The summed E-state index contributed by atoms with van der Waals surface area (Å²) in [5, 5.41) is 0. The quantitative estimate of drug-likeness (QED) is 0.308. The van der Waals surface area contributed by atoms with E-state index >= 15 is 0 Å². The highest BCUT2D eigenvalue weighted by molar-refractivity contribution is 5.98. The van der Waals surface area contributed by atoms with Crippen LogP contribution in [0.15, 0.2) is 54.7 Å². The second-order valence-corrected chi connectivity index (χ2v) is 11.0. The molecule has 0 aliphatic carbocycles. The normalized spacial score (nSPS) is 14.5. The SMILES string of the molecule is Cc1ccc(C(=O)Cc2ccc(CN3CCN(C(C)C)CC3)c(C(F)(F)F)c2)cc1C#Cc1ccc(CC(N)=O)nc1. The highest BCUT2D eigenvalue weighted by Crippen LogP contribution is 2.34. The van der Waals surface area contributed by atoms with Crippen molar-refractivity contribution in [1.29, 1.82) is 0 Å². The summed E-state index contributed by atoms with van der Waals surface area (Å²) in [6.45, 7) is 9.41. The van der Waals surface area contributed by atoms with Gasteiger partial charge in [-0.15, -0.1) is 0 Å². The molecule has 220 valence electrons. The second kappa shape index (κ2) is 13.3. The van der Waals surface area contributed by atoms with E-state index in [2.05, 4.69) is 40.5 Å². The summed E-state index contributed by atoms with van der Waals surface area (Å²) >= 11 is 0. The third-order valence-electron chi connectivity index (χ3n) is 7.46. The van der Waals surface area contributed by atoms with E-state index in [4.69, 9.17) is 5.73 Å². The Morgan fingerprint density at radius 2 is 1.71 bits per heavy atom. The monoisotopic (exact) mass is 576 g/mol. The number of aryl methyl sites for hydroxylation is 1. The summed E-state index contributed by atoms with van der Waals surface area (Å²) in [6.07, 6.45) is -3.09. The zero-order valence-electron chi connectivity index (χ0n) is 24.1. The second-order valence-electron chi connectivity index (χ2n) is 11.0. The molecule has 1 saturated heterocycles. The Labute approximate surface area is 244 Å². The van der Waals surface area contributed by atoms with E-state index in [1.54, 1.807) is 42.6 Å². The Hall–Kier alpha value is -4.00. The summed E-state index contributed by atoms with van der Waals surface area (Å²) in [6, 6.07) is 13.2. The zero-order valence-corrected chi connectivity index (χ0v) is 24.1. The lowest BCUT2D eigenvalue weighted by atomic mass is 9.96. The molecule has 3 aromatic rings. The van der Waals surface area contributed by atoms with Gasteiger partial charge in [0.1, 0.15) is 0 Å². The van der Waals surface area contributed by atoms with Crippen LogP contribution >= 0.6 is 0 Å². The minimum absolute atomic E-state index is 0.0416. The number of aromatic nitrogens is 1. The van der Waals surface area contributed by atoms with Gasteiger partial charge in [0.05, 0.1) is 12.0 Å². The van der Waals surface area contributed by atoms with E-state index < -0.39 is 17.6 Å². The van der Waals surface area contributed by atoms with E-state index in [0.29, 0.717) is 47.1 Å². The molecule has 4 rings (SSSR count). The van der Waals surface area contributed by atoms with Gasteiger partial charge in [-0.25, -0.2) is 0 Å². The first-order valence-electron chi connectivity index (χ1n) is 13.9. The minimum atomic E-state index is -4.52. The molecule has 42 heavy (non-hydrogen) atoms. The molecular weight excluding hydrogens is 541 g/mol. The number of carbonyl (C=O) groups excluding carboxylic acids is 2. The molecule has 0 spiro atoms. The first kappa shape index (κ1) is 30.9. The lowest BCUT2D eigenvalue weighted by Crippen LogP contribution is -2.48. The van der Waals surface area contributed by atoms with Crippen LogP contribution in [-0.4, -0.2) is 58.7 Å². The molecule has 1 aliphatic heterocycles. The molecule has 1 amide bonds. The molecular formula is C33H35F3N4O2. The molecule has 0 bridgehead atoms. The van der Waals surface area contributed by atoms with Gasteiger partial charge in [0.2, 0.25) is 5.91 Å². The number of ketones is 1. The number of rotatable bonds is 8. The van der Waals surface area contributed by atoms with Crippen LogP contribution in [0.4, 0.5) is 13.2 Å². The number of amides is 1. The largest absolute Gasteiger partial charge is 0.416 e. The van der Waals surface area contributed by atoms with E-state index in [0.717, 1.165) is 24.7 Å². The summed E-state index contributed by atoms with van der Waals surface area (Å²) in [7, 11) is 0. The molecule has 0 atom stereocenters. The van der Waals surface area contributed by atoms with Crippen LogP contribution in [0.3, 0.4) is 0 Å². The molecule has 0 unspecified atom stereocenters. The first-order chi connectivity index (χ1) is 19.9. The summed E-state index contributed by atoms with van der Waals surface area (Å²) in [5.74, 6) is 5.28. The Morgan fingerprint density at radius 1 is 0.976 bits per heavy atom. The number of hydrogen-bond donors (Lipinski definition) is 1. The number of nitrogens with zero attached hydrogens (tertiary/aromatic N) is 3. The Kier molecular flexibility index (Phi) is 9.81. The molecule has 1 fully saturated rings. The molecule has 2 aromatic carbocycles. The van der Waals surface area contributed by atoms with Gasteiger partial charge in [-0.2, -0.15) is 13.2 Å². The van der Waals surface area contributed by atoms with E-state index in [-0.39, 0.29) is 30.7 Å². The maximum Gasteiger partial charge on any atom is 0.416 e.